The first-order valence-electron chi connectivity index (χ1n) is 6.38. The fraction of sp³-hybridized carbons (Fsp3) is 0.333. The SMILES string of the molecule is CN(C)CCCNC1=CC(=O)C(=O)c2ccccc21. The molecule has 0 bridgehead atoms. The summed E-state index contributed by atoms with van der Waals surface area (Å²) in [6, 6.07) is 7.21. The number of fused-ring (bicyclic) bond motifs is 1. The third-order valence-corrected chi connectivity index (χ3v) is 3.06. The highest BCUT2D eigenvalue weighted by molar-refractivity contribution is 6.50. The number of carbonyl (C=O) groups excluding carboxylic acids is 2. The first-order valence-corrected chi connectivity index (χ1v) is 6.38. The van der Waals surface area contributed by atoms with E-state index in [4.69, 9.17) is 0 Å². The third-order valence-electron chi connectivity index (χ3n) is 3.06. The van der Waals surface area contributed by atoms with E-state index in [0.717, 1.165) is 30.8 Å². The molecule has 0 fully saturated rings. The van der Waals surface area contributed by atoms with Crippen molar-refractivity contribution >= 4 is 17.3 Å². The second kappa shape index (κ2) is 5.80. The molecule has 0 unspecified atom stereocenters. The molecule has 0 radical (unpaired) electrons. The van der Waals surface area contributed by atoms with Gasteiger partial charge in [0.25, 0.3) is 0 Å². The van der Waals surface area contributed by atoms with Crippen LogP contribution in [0.1, 0.15) is 22.3 Å². The van der Waals surface area contributed by atoms with E-state index in [2.05, 4.69) is 10.2 Å². The lowest BCUT2D eigenvalue weighted by Crippen LogP contribution is -2.26. The number of nitrogens with one attached hydrogen (secondary N) is 1. The number of hydrogen-bond donors (Lipinski definition) is 1. The van der Waals surface area contributed by atoms with Crippen LogP contribution < -0.4 is 5.32 Å². The van der Waals surface area contributed by atoms with Crippen LogP contribution in [0.25, 0.3) is 5.70 Å². The van der Waals surface area contributed by atoms with E-state index in [1.807, 2.05) is 26.2 Å². The van der Waals surface area contributed by atoms with Gasteiger partial charge in [-0.1, -0.05) is 24.3 Å². The fourth-order valence-electron chi connectivity index (χ4n) is 2.09. The van der Waals surface area contributed by atoms with Crippen molar-refractivity contribution in [2.45, 2.75) is 6.42 Å². The lowest BCUT2D eigenvalue weighted by atomic mass is 9.93. The summed E-state index contributed by atoms with van der Waals surface area (Å²) in [7, 11) is 4.05. The van der Waals surface area contributed by atoms with Gasteiger partial charge in [-0.3, -0.25) is 9.59 Å². The second-order valence-electron chi connectivity index (χ2n) is 4.88. The van der Waals surface area contributed by atoms with Gasteiger partial charge in [0.05, 0.1) is 0 Å². The van der Waals surface area contributed by atoms with Crippen LogP contribution in [0.5, 0.6) is 0 Å². The highest BCUT2D eigenvalue weighted by Crippen LogP contribution is 2.22. The van der Waals surface area contributed by atoms with Gasteiger partial charge in [0.2, 0.25) is 11.6 Å². The Bertz CT molecular complexity index is 533. The Balaban J connectivity index is 2.10. The minimum Gasteiger partial charge on any atom is -0.384 e. The fourth-order valence-corrected chi connectivity index (χ4v) is 2.09. The number of Topliss-reactive ketones (excluding diaryl/α,β-unsaturated/α-hetero) is 1. The van der Waals surface area contributed by atoms with Crippen molar-refractivity contribution in [3.63, 3.8) is 0 Å². The average molecular weight is 258 g/mol. The van der Waals surface area contributed by atoms with E-state index in [1.54, 1.807) is 12.1 Å². The highest BCUT2D eigenvalue weighted by Gasteiger charge is 2.24. The van der Waals surface area contributed by atoms with E-state index in [0.29, 0.717) is 5.56 Å². The van der Waals surface area contributed by atoms with Gasteiger partial charge >= 0.3 is 0 Å². The predicted octanol–water partition coefficient (Wildman–Crippen LogP) is 1.33. The molecule has 0 heterocycles. The number of ketones is 2. The molecule has 19 heavy (non-hydrogen) atoms. The van der Waals surface area contributed by atoms with Gasteiger partial charge in [0.15, 0.2) is 0 Å². The summed E-state index contributed by atoms with van der Waals surface area (Å²) in [5.74, 6) is -0.872. The quantitative estimate of drug-likeness (QED) is 0.639. The van der Waals surface area contributed by atoms with Crippen LogP contribution in [0.2, 0.25) is 0 Å². The largest absolute Gasteiger partial charge is 0.384 e. The predicted molar refractivity (Wildman–Crippen MR) is 74.9 cm³/mol. The number of allylic oxidation sites excluding steroid dienone is 1. The monoisotopic (exact) mass is 258 g/mol. The maximum atomic E-state index is 11.8. The smallest absolute Gasteiger partial charge is 0.233 e. The van der Waals surface area contributed by atoms with Gasteiger partial charge in [-0.2, -0.15) is 0 Å². The zero-order chi connectivity index (χ0) is 13.8. The first kappa shape index (κ1) is 13.5. The number of benzene rings is 1. The normalized spacial score (nSPS) is 14.4. The molecule has 0 spiro atoms. The maximum Gasteiger partial charge on any atom is 0.233 e. The van der Waals surface area contributed by atoms with Crippen LogP contribution in [-0.4, -0.2) is 43.7 Å². The van der Waals surface area contributed by atoms with Crippen LogP contribution in [0.15, 0.2) is 30.3 Å². The Morgan fingerprint density at radius 1 is 1.11 bits per heavy atom. The summed E-state index contributed by atoms with van der Waals surface area (Å²) >= 11 is 0. The minimum absolute atomic E-state index is 0.422. The summed E-state index contributed by atoms with van der Waals surface area (Å²) in [4.78, 5) is 25.5. The summed E-state index contributed by atoms with van der Waals surface area (Å²) in [6.07, 6.45) is 2.38. The molecule has 0 saturated carbocycles. The Morgan fingerprint density at radius 2 is 1.79 bits per heavy atom. The Kier molecular flexibility index (Phi) is 4.12. The van der Waals surface area contributed by atoms with Crippen molar-refractivity contribution in [3.8, 4) is 0 Å². The van der Waals surface area contributed by atoms with Crippen molar-refractivity contribution in [1.82, 2.24) is 10.2 Å². The number of carbonyl (C=O) groups is 2. The number of rotatable bonds is 5. The van der Waals surface area contributed by atoms with Crippen molar-refractivity contribution in [2.24, 2.45) is 0 Å². The van der Waals surface area contributed by atoms with Crippen molar-refractivity contribution in [2.75, 3.05) is 27.2 Å². The molecule has 0 saturated heterocycles. The third kappa shape index (κ3) is 3.09. The van der Waals surface area contributed by atoms with Crippen molar-refractivity contribution in [3.05, 3.63) is 41.5 Å². The molecule has 100 valence electrons. The number of hydrogen-bond acceptors (Lipinski definition) is 4. The zero-order valence-corrected chi connectivity index (χ0v) is 11.3. The summed E-state index contributed by atoms with van der Waals surface area (Å²) in [5.41, 5.74) is 2.06. The van der Waals surface area contributed by atoms with Crippen LogP contribution in [-0.2, 0) is 4.79 Å². The van der Waals surface area contributed by atoms with Gasteiger partial charge < -0.3 is 10.2 Å². The molecule has 1 aliphatic carbocycles. The van der Waals surface area contributed by atoms with Crippen LogP contribution >= 0.6 is 0 Å². The first-order chi connectivity index (χ1) is 9.09. The summed E-state index contributed by atoms with van der Waals surface area (Å²) < 4.78 is 0. The van der Waals surface area contributed by atoms with Crippen molar-refractivity contribution < 1.29 is 9.59 Å². The van der Waals surface area contributed by atoms with Crippen LogP contribution in [0.4, 0.5) is 0 Å². The highest BCUT2D eigenvalue weighted by atomic mass is 16.2. The van der Waals surface area contributed by atoms with Crippen LogP contribution in [0, 0.1) is 0 Å². The summed E-state index contributed by atoms with van der Waals surface area (Å²) in [5, 5.41) is 3.25. The standard InChI is InChI=1S/C15H18N2O2/c1-17(2)9-5-8-16-13-10-14(18)15(19)12-7-4-3-6-11(12)13/h3-4,6-7,10,16H,5,8-9H2,1-2H3. The van der Waals surface area contributed by atoms with E-state index < -0.39 is 11.6 Å². The molecule has 0 atom stereocenters. The van der Waals surface area contributed by atoms with Crippen LogP contribution in [0.3, 0.4) is 0 Å². The van der Waals surface area contributed by atoms with Crippen molar-refractivity contribution in [1.29, 1.82) is 0 Å². The minimum atomic E-state index is -0.450. The molecule has 2 rings (SSSR count). The average Bonchev–Trinajstić information content (AvgIpc) is 2.40. The molecule has 1 aromatic carbocycles. The lowest BCUT2D eigenvalue weighted by Gasteiger charge is -2.18. The number of nitrogens with zero attached hydrogens (tertiary/aromatic N) is 1. The zero-order valence-electron chi connectivity index (χ0n) is 11.3. The molecular formula is C15H18N2O2. The molecular weight excluding hydrogens is 240 g/mol. The molecule has 1 N–H and O–H groups in total. The molecule has 1 aromatic rings. The molecule has 1 aliphatic rings. The topological polar surface area (TPSA) is 49.4 Å². The molecule has 4 heteroatoms. The summed E-state index contributed by atoms with van der Waals surface area (Å²) in [6.45, 7) is 1.76. The lowest BCUT2D eigenvalue weighted by molar-refractivity contribution is -0.111. The molecule has 0 amide bonds. The molecule has 0 aromatic heterocycles. The Labute approximate surface area is 113 Å². The molecule has 0 aliphatic heterocycles. The maximum absolute atomic E-state index is 11.8. The Hall–Kier alpha value is -1.94. The van der Waals surface area contributed by atoms with E-state index in [-0.39, 0.29) is 0 Å². The Morgan fingerprint density at radius 3 is 2.47 bits per heavy atom. The van der Waals surface area contributed by atoms with Gasteiger partial charge in [-0.25, -0.2) is 0 Å². The van der Waals surface area contributed by atoms with Gasteiger partial charge in [0, 0.05) is 29.4 Å². The van der Waals surface area contributed by atoms with Gasteiger partial charge in [-0.05, 0) is 27.1 Å². The van der Waals surface area contributed by atoms with E-state index in [9.17, 15) is 9.59 Å². The molecule has 4 nitrogen and oxygen atoms in total. The van der Waals surface area contributed by atoms with Gasteiger partial charge in [0.1, 0.15) is 0 Å². The second-order valence-corrected chi connectivity index (χ2v) is 4.88. The van der Waals surface area contributed by atoms with E-state index >= 15 is 0 Å². The van der Waals surface area contributed by atoms with Gasteiger partial charge in [-0.15, -0.1) is 0 Å². The van der Waals surface area contributed by atoms with E-state index in [1.165, 1.54) is 6.08 Å².